The average Bonchev–Trinajstić information content (AvgIpc) is 3.16. The molecule has 0 unspecified atom stereocenters. The standard InChI is InChI=1S/C24H29ClN2O2/c1-5-22(28)27-13-12-16(15-27)14-19(21-11-10-20(25)23(29)26-21)17-6-8-18(9-7-17)24(2,3)4/h6-11,14,16H,5,12-13,15H2,1-4H3,(H,26,29)/b19-14-/t16-/m1/s1. The number of hydrogen-bond acceptors (Lipinski definition) is 2. The molecular formula is C24H29ClN2O2. The summed E-state index contributed by atoms with van der Waals surface area (Å²) < 4.78 is 0. The molecule has 29 heavy (non-hydrogen) atoms. The molecule has 1 N–H and O–H groups in total. The monoisotopic (exact) mass is 412 g/mol. The number of halogens is 1. The molecule has 1 saturated heterocycles. The maximum atomic E-state index is 12.1. The minimum Gasteiger partial charge on any atom is -0.342 e. The van der Waals surface area contributed by atoms with E-state index in [9.17, 15) is 9.59 Å². The molecule has 1 amide bonds. The minimum atomic E-state index is -0.296. The van der Waals surface area contributed by atoms with Crippen LogP contribution in [0.5, 0.6) is 0 Å². The number of pyridine rings is 1. The molecule has 0 aliphatic carbocycles. The van der Waals surface area contributed by atoms with E-state index in [0.29, 0.717) is 13.0 Å². The van der Waals surface area contributed by atoms with Crippen LogP contribution in [0.2, 0.25) is 5.02 Å². The lowest BCUT2D eigenvalue weighted by Crippen LogP contribution is -2.27. The Morgan fingerprint density at radius 3 is 2.48 bits per heavy atom. The van der Waals surface area contributed by atoms with Gasteiger partial charge in [0.05, 0.1) is 0 Å². The summed E-state index contributed by atoms with van der Waals surface area (Å²) in [6, 6.07) is 12.0. The molecule has 1 aromatic carbocycles. The van der Waals surface area contributed by atoms with Gasteiger partial charge in [-0.3, -0.25) is 9.59 Å². The topological polar surface area (TPSA) is 53.2 Å². The van der Waals surface area contributed by atoms with Crippen molar-refractivity contribution in [3.63, 3.8) is 0 Å². The van der Waals surface area contributed by atoms with Gasteiger partial charge in [0.15, 0.2) is 0 Å². The summed E-state index contributed by atoms with van der Waals surface area (Å²) in [5, 5.41) is 0.178. The summed E-state index contributed by atoms with van der Waals surface area (Å²) in [6.45, 7) is 9.95. The quantitative estimate of drug-likeness (QED) is 0.766. The highest BCUT2D eigenvalue weighted by atomic mass is 35.5. The van der Waals surface area contributed by atoms with Gasteiger partial charge < -0.3 is 9.88 Å². The zero-order valence-electron chi connectivity index (χ0n) is 17.6. The van der Waals surface area contributed by atoms with Gasteiger partial charge >= 0.3 is 0 Å². The van der Waals surface area contributed by atoms with Crippen molar-refractivity contribution < 1.29 is 4.79 Å². The van der Waals surface area contributed by atoms with E-state index in [1.165, 1.54) is 5.56 Å². The van der Waals surface area contributed by atoms with Crippen molar-refractivity contribution in [2.24, 2.45) is 5.92 Å². The molecule has 1 aliphatic rings. The summed E-state index contributed by atoms with van der Waals surface area (Å²) in [4.78, 5) is 29.0. The van der Waals surface area contributed by atoms with Crippen LogP contribution in [0.4, 0.5) is 0 Å². The third-order valence-corrected chi connectivity index (χ3v) is 5.79. The fourth-order valence-electron chi connectivity index (χ4n) is 3.71. The van der Waals surface area contributed by atoms with Crippen molar-refractivity contribution in [1.82, 2.24) is 9.88 Å². The number of nitrogens with one attached hydrogen (secondary N) is 1. The fraction of sp³-hybridized carbons (Fsp3) is 0.417. The van der Waals surface area contributed by atoms with Crippen LogP contribution >= 0.6 is 11.6 Å². The van der Waals surface area contributed by atoms with Crippen molar-refractivity contribution in [3.8, 4) is 0 Å². The van der Waals surface area contributed by atoms with E-state index in [2.05, 4.69) is 56.1 Å². The Morgan fingerprint density at radius 1 is 1.21 bits per heavy atom. The number of aromatic amines is 1. The molecule has 2 heterocycles. The number of rotatable bonds is 4. The fourth-order valence-corrected chi connectivity index (χ4v) is 3.82. The van der Waals surface area contributed by atoms with Crippen LogP contribution in [0.3, 0.4) is 0 Å². The van der Waals surface area contributed by atoms with E-state index in [-0.39, 0.29) is 27.8 Å². The predicted molar refractivity (Wildman–Crippen MR) is 119 cm³/mol. The molecule has 0 spiro atoms. The molecule has 5 heteroatoms. The van der Waals surface area contributed by atoms with Crippen LogP contribution in [0, 0.1) is 5.92 Å². The van der Waals surface area contributed by atoms with Gasteiger partial charge in [0.2, 0.25) is 5.91 Å². The molecule has 2 aromatic rings. The van der Waals surface area contributed by atoms with Crippen LogP contribution in [0.25, 0.3) is 5.57 Å². The molecule has 3 rings (SSSR count). The number of amides is 1. The summed E-state index contributed by atoms with van der Waals surface area (Å²) in [5.74, 6) is 0.443. The van der Waals surface area contributed by atoms with Crippen LogP contribution in [-0.4, -0.2) is 28.9 Å². The molecule has 0 radical (unpaired) electrons. The highest BCUT2D eigenvalue weighted by Crippen LogP contribution is 2.30. The molecule has 1 aromatic heterocycles. The summed E-state index contributed by atoms with van der Waals surface area (Å²) in [7, 11) is 0. The van der Waals surface area contributed by atoms with Gasteiger partial charge in [-0.15, -0.1) is 0 Å². The van der Waals surface area contributed by atoms with Crippen LogP contribution in [-0.2, 0) is 10.2 Å². The SMILES string of the molecule is CCC(=O)N1CC[C@H](/C=C(/c2ccc(C(C)(C)C)cc2)c2ccc(Cl)c(=O)[nH]2)C1. The number of hydrogen-bond donors (Lipinski definition) is 1. The first kappa shape index (κ1) is 21.4. The molecule has 4 nitrogen and oxygen atoms in total. The zero-order valence-corrected chi connectivity index (χ0v) is 18.3. The molecule has 1 atom stereocenters. The number of likely N-dealkylation sites (tertiary alicyclic amines) is 1. The van der Waals surface area contributed by atoms with Gasteiger partial charge in [-0.25, -0.2) is 0 Å². The van der Waals surface area contributed by atoms with Crippen molar-refractivity contribution in [3.05, 3.63) is 74.7 Å². The van der Waals surface area contributed by atoms with E-state index < -0.39 is 0 Å². The molecule has 1 aliphatic heterocycles. The summed E-state index contributed by atoms with van der Waals surface area (Å²) in [6.07, 6.45) is 3.64. The van der Waals surface area contributed by atoms with E-state index in [0.717, 1.165) is 29.8 Å². The maximum Gasteiger partial charge on any atom is 0.267 e. The number of aromatic nitrogens is 1. The van der Waals surface area contributed by atoms with Gasteiger partial charge in [-0.2, -0.15) is 0 Å². The lowest BCUT2D eigenvalue weighted by molar-refractivity contribution is -0.129. The third-order valence-electron chi connectivity index (χ3n) is 5.50. The molecular weight excluding hydrogens is 384 g/mol. The Bertz CT molecular complexity index is 968. The first-order valence-corrected chi connectivity index (χ1v) is 10.6. The van der Waals surface area contributed by atoms with E-state index >= 15 is 0 Å². The Morgan fingerprint density at radius 2 is 1.90 bits per heavy atom. The molecule has 0 saturated carbocycles. The zero-order chi connectivity index (χ0) is 21.2. The predicted octanol–water partition coefficient (Wildman–Crippen LogP) is 5.02. The summed E-state index contributed by atoms with van der Waals surface area (Å²) >= 11 is 5.94. The lowest BCUT2D eigenvalue weighted by Gasteiger charge is -2.20. The Kier molecular flexibility index (Phi) is 6.33. The third kappa shape index (κ3) is 4.99. The first-order valence-electron chi connectivity index (χ1n) is 10.2. The maximum absolute atomic E-state index is 12.1. The van der Waals surface area contributed by atoms with Gasteiger partial charge in [-0.1, -0.05) is 69.6 Å². The van der Waals surface area contributed by atoms with Crippen LogP contribution in [0.15, 0.2) is 47.3 Å². The first-order chi connectivity index (χ1) is 13.7. The second-order valence-electron chi connectivity index (χ2n) is 8.70. The number of H-pyrrole nitrogens is 1. The Labute approximate surface area is 177 Å². The number of benzene rings is 1. The molecule has 0 bridgehead atoms. The smallest absolute Gasteiger partial charge is 0.267 e. The Hall–Kier alpha value is -2.33. The van der Waals surface area contributed by atoms with E-state index in [1.807, 2.05) is 17.9 Å². The van der Waals surface area contributed by atoms with Crippen molar-refractivity contribution in [1.29, 1.82) is 0 Å². The summed E-state index contributed by atoms with van der Waals surface area (Å²) in [5.41, 5.74) is 3.78. The highest BCUT2D eigenvalue weighted by molar-refractivity contribution is 6.30. The van der Waals surface area contributed by atoms with E-state index in [4.69, 9.17) is 11.6 Å². The highest BCUT2D eigenvalue weighted by Gasteiger charge is 2.25. The van der Waals surface area contributed by atoms with Crippen LogP contribution < -0.4 is 5.56 Å². The average molecular weight is 413 g/mol. The normalized spacial score (nSPS) is 17.6. The molecule has 154 valence electrons. The number of carbonyl (C=O) groups is 1. The van der Waals surface area contributed by atoms with Crippen molar-refractivity contribution in [2.75, 3.05) is 13.1 Å². The van der Waals surface area contributed by atoms with Crippen molar-refractivity contribution in [2.45, 2.75) is 46.0 Å². The number of carbonyl (C=O) groups excluding carboxylic acids is 1. The second-order valence-corrected chi connectivity index (χ2v) is 9.11. The van der Waals surface area contributed by atoms with E-state index in [1.54, 1.807) is 6.07 Å². The Balaban J connectivity index is 1.99. The minimum absolute atomic E-state index is 0.0729. The largest absolute Gasteiger partial charge is 0.342 e. The number of nitrogens with zero attached hydrogens (tertiary/aromatic N) is 1. The lowest BCUT2D eigenvalue weighted by atomic mass is 9.85. The van der Waals surface area contributed by atoms with Gasteiger partial charge in [0.25, 0.3) is 5.56 Å². The van der Waals surface area contributed by atoms with Gasteiger partial charge in [-0.05, 0) is 41.0 Å². The molecule has 1 fully saturated rings. The second kappa shape index (κ2) is 8.58. The van der Waals surface area contributed by atoms with Gasteiger partial charge in [0, 0.05) is 30.8 Å². The van der Waals surface area contributed by atoms with Crippen molar-refractivity contribution >= 4 is 23.1 Å². The van der Waals surface area contributed by atoms with Gasteiger partial charge in [0.1, 0.15) is 5.02 Å². The van der Waals surface area contributed by atoms with Crippen LogP contribution in [0.1, 0.15) is 57.4 Å².